The second kappa shape index (κ2) is 11.6. The van der Waals surface area contributed by atoms with E-state index >= 15 is 0 Å². The van der Waals surface area contributed by atoms with Gasteiger partial charge in [-0.1, -0.05) is 11.6 Å². The number of hydrogen-bond acceptors (Lipinski definition) is 7. The molecule has 4 rings (SSSR count). The maximum absolute atomic E-state index is 12.7. The van der Waals surface area contributed by atoms with Crippen molar-refractivity contribution in [1.82, 2.24) is 15.1 Å². The van der Waals surface area contributed by atoms with Crippen molar-refractivity contribution in [1.29, 1.82) is 0 Å². The fraction of sp³-hybridized carbons (Fsp3) is 0.520. The Morgan fingerprint density at radius 1 is 1.26 bits per heavy atom. The van der Waals surface area contributed by atoms with Crippen molar-refractivity contribution in [3.05, 3.63) is 44.6 Å². The molecule has 1 unspecified atom stereocenters. The Hall–Kier alpha value is -2.33. The molecule has 3 heterocycles. The highest BCUT2D eigenvalue weighted by Crippen LogP contribution is 2.29. The molecule has 3 N–H and O–H groups in total. The van der Waals surface area contributed by atoms with E-state index in [1.54, 1.807) is 17.4 Å². The van der Waals surface area contributed by atoms with E-state index in [1.807, 2.05) is 24.0 Å². The number of benzene rings is 1. The summed E-state index contributed by atoms with van der Waals surface area (Å²) in [5.41, 5.74) is 6.52. The van der Waals surface area contributed by atoms with Crippen molar-refractivity contribution in [2.45, 2.75) is 25.9 Å². The van der Waals surface area contributed by atoms with E-state index in [2.05, 4.69) is 10.2 Å². The lowest BCUT2D eigenvalue weighted by molar-refractivity contribution is -0.0332. The normalized spacial score (nSPS) is 19.5. The van der Waals surface area contributed by atoms with Gasteiger partial charge < -0.3 is 25.4 Å². The van der Waals surface area contributed by atoms with Crippen LogP contribution in [0.15, 0.2) is 24.3 Å². The number of amides is 2. The van der Waals surface area contributed by atoms with Crippen LogP contribution in [-0.4, -0.2) is 80.7 Å². The highest BCUT2D eigenvalue weighted by Gasteiger charge is 2.28. The Bertz CT molecular complexity index is 1050. The summed E-state index contributed by atoms with van der Waals surface area (Å²) in [5.74, 6) is 0.818. The van der Waals surface area contributed by atoms with E-state index in [0.717, 1.165) is 55.3 Å². The van der Waals surface area contributed by atoms with Crippen molar-refractivity contribution in [3.63, 3.8) is 0 Å². The monoisotopic (exact) mass is 520 g/mol. The molecule has 2 amide bonds. The predicted octanol–water partition coefficient (Wildman–Crippen LogP) is 3.28. The zero-order valence-corrected chi connectivity index (χ0v) is 21.8. The van der Waals surface area contributed by atoms with Gasteiger partial charge in [0.15, 0.2) is 0 Å². The molecule has 0 aliphatic carbocycles. The number of halogens is 1. The van der Waals surface area contributed by atoms with E-state index in [1.165, 1.54) is 13.2 Å². The lowest BCUT2D eigenvalue weighted by Gasteiger charge is -2.38. The van der Waals surface area contributed by atoms with Crippen LogP contribution in [0.3, 0.4) is 0 Å². The number of carbonyl (C=O) groups excluding carboxylic acids is 2. The van der Waals surface area contributed by atoms with Crippen molar-refractivity contribution in [3.8, 4) is 5.75 Å². The lowest BCUT2D eigenvalue weighted by Crippen LogP contribution is -2.49. The quantitative estimate of drug-likeness (QED) is 0.544. The summed E-state index contributed by atoms with van der Waals surface area (Å²) >= 11 is 7.66. The first kappa shape index (κ1) is 25.8. The molecule has 190 valence electrons. The molecule has 2 fully saturated rings. The number of nitrogens with two attached hydrogens (primary N) is 1. The van der Waals surface area contributed by atoms with Crippen LogP contribution >= 0.6 is 22.9 Å². The average molecular weight is 521 g/mol. The Morgan fingerprint density at radius 3 is 2.71 bits per heavy atom. The van der Waals surface area contributed by atoms with Gasteiger partial charge >= 0.3 is 0 Å². The van der Waals surface area contributed by atoms with E-state index in [0.29, 0.717) is 41.1 Å². The Labute approximate surface area is 215 Å². The van der Waals surface area contributed by atoms with E-state index in [-0.39, 0.29) is 17.9 Å². The number of methoxy groups -OCH3 is 1. The van der Waals surface area contributed by atoms with Gasteiger partial charge in [-0.3, -0.25) is 14.5 Å². The molecular weight excluding hydrogens is 488 g/mol. The molecule has 2 saturated heterocycles. The van der Waals surface area contributed by atoms with E-state index in [4.69, 9.17) is 26.8 Å². The zero-order chi connectivity index (χ0) is 24.9. The summed E-state index contributed by atoms with van der Waals surface area (Å²) in [6.45, 7) is 7.27. The molecule has 1 aromatic heterocycles. The maximum atomic E-state index is 12.7. The van der Waals surface area contributed by atoms with Gasteiger partial charge in [0, 0.05) is 50.2 Å². The Kier molecular flexibility index (Phi) is 8.54. The number of aryl methyl sites for hydroxylation is 1. The molecule has 1 aromatic carbocycles. The zero-order valence-electron chi connectivity index (χ0n) is 20.2. The summed E-state index contributed by atoms with van der Waals surface area (Å²) in [6.07, 6.45) is 1.92. The number of carbonyl (C=O) groups is 2. The highest BCUT2D eigenvalue weighted by atomic mass is 35.5. The summed E-state index contributed by atoms with van der Waals surface area (Å²) in [6, 6.07) is 7.01. The van der Waals surface area contributed by atoms with Crippen LogP contribution < -0.4 is 15.8 Å². The standard InChI is InChI=1S/C25H33ClN4O4S/c1-16-3-4-23(35-16)25(32)30-7-5-17(6-8-30)14-29-9-10-34-18(15-29)13-28-24(31)19-11-20(26)21(27)12-22(19)33-2/h3-4,11-12,17-18H,5-10,13-15,27H2,1-2H3,(H,28,31). The summed E-state index contributed by atoms with van der Waals surface area (Å²) in [7, 11) is 1.49. The number of anilines is 1. The second-order valence-corrected chi connectivity index (χ2v) is 10.9. The van der Waals surface area contributed by atoms with Gasteiger partial charge in [0.2, 0.25) is 0 Å². The SMILES string of the molecule is COc1cc(N)c(Cl)cc1C(=O)NCC1CN(CC2CCN(C(=O)c3ccc(C)s3)CC2)CCO1. The fourth-order valence-electron chi connectivity index (χ4n) is 4.68. The number of nitrogens with zero attached hydrogens (tertiary/aromatic N) is 2. The van der Waals surface area contributed by atoms with Crippen molar-refractivity contribution < 1.29 is 19.1 Å². The van der Waals surface area contributed by atoms with Crippen LogP contribution in [0.25, 0.3) is 0 Å². The molecule has 0 saturated carbocycles. The third-order valence-corrected chi connectivity index (χ3v) is 7.96. The number of piperidine rings is 1. The molecule has 35 heavy (non-hydrogen) atoms. The third kappa shape index (κ3) is 6.46. The van der Waals surface area contributed by atoms with Gasteiger partial charge in [-0.2, -0.15) is 0 Å². The minimum absolute atomic E-state index is 0.0910. The number of thiophene rings is 1. The first-order valence-corrected chi connectivity index (χ1v) is 13.1. The van der Waals surface area contributed by atoms with Crippen molar-refractivity contribution in [2.75, 3.05) is 58.7 Å². The molecule has 2 aliphatic rings. The molecule has 0 bridgehead atoms. The Balaban J connectivity index is 1.23. The maximum Gasteiger partial charge on any atom is 0.263 e. The number of likely N-dealkylation sites (tertiary alicyclic amines) is 1. The van der Waals surface area contributed by atoms with E-state index < -0.39 is 0 Å². The number of ether oxygens (including phenoxy) is 2. The van der Waals surface area contributed by atoms with Crippen LogP contribution in [0, 0.1) is 12.8 Å². The van der Waals surface area contributed by atoms with Gasteiger partial charge in [0.05, 0.1) is 41.0 Å². The molecule has 2 aliphatic heterocycles. The van der Waals surface area contributed by atoms with Crippen LogP contribution in [0.5, 0.6) is 5.75 Å². The molecule has 0 spiro atoms. The summed E-state index contributed by atoms with van der Waals surface area (Å²) in [4.78, 5) is 31.8. The van der Waals surface area contributed by atoms with Gasteiger partial charge in [-0.15, -0.1) is 11.3 Å². The smallest absolute Gasteiger partial charge is 0.263 e. The lowest BCUT2D eigenvalue weighted by atomic mass is 9.95. The topological polar surface area (TPSA) is 97.1 Å². The van der Waals surface area contributed by atoms with Crippen LogP contribution in [-0.2, 0) is 4.74 Å². The summed E-state index contributed by atoms with van der Waals surface area (Å²) in [5, 5.41) is 3.25. The second-order valence-electron chi connectivity index (χ2n) is 9.18. The number of morpholine rings is 1. The largest absolute Gasteiger partial charge is 0.496 e. The fourth-order valence-corrected chi connectivity index (χ4v) is 5.68. The van der Waals surface area contributed by atoms with Crippen molar-refractivity contribution in [2.24, 2.45) is 5.92 Å². The van der Waals surface area contributed by atoms with Gasteiger partial charge in [0.1, 0.15) is 5.75 Å². The predicted molar refractivity (Wildman–Crippen MR) is 139 cm³/mol. The van der Waals surface area contributed by atoms with Crippen LogP contribution in [0.1, 0.15) is 37.7 Å². The van der Waals surface area contributed by atoms with Crippen LogP contribution in [0.2, 0.25) is 5.02 Å². The molecule has 8 nitrogen and oxygen atoms in total. The number of nitrogens with one attached hydrogen (secondary N) is 1. The van der Waals surface area contributed by atoms with Gasteiger partial charge in [-0.25, -0.2) is 0 Å². The minimum atomic E-state index is -0.276. The van der Waals surface area contributed by atoms with Gasteiger partial charge in [-0.05, 0) is 43.9 Å². The minimum Gasteiger partial charge on any atom is -0.496 e. The molecule has 2 aromatic rings. The van der Waals surface area contributed by atoms with Gasteiger partial charge in [0.25, 0.3) is 11.8 Å². The number of hydrogen-bond donors (Lipinski definition) is 2. The number of nitrogen functional groups attached to an aromatic ring is 1. The Morgan fingerprint density at radius 2 is 2.03 bits per heavy atom. The highest BCUT2D eigenvalue weighted by molar-refractivity contribution is 7.13. The molecule has 10 heteroatoms. The number of rotatable bonds is 7. The first-order valence-electron chi connectivity index (χ1n) is 11.9. The average Bonchev–Trinajstić information content (AvgIpc) is 3.30. The van der Waals surface area contributed by atoms with Crippen LogP contribution in [0.4, 0.5) is 5.69 Å². The van der Waals surface area contributed by atoms with E-state index in [9.17, 15) is 9.59 Å². The molecular formula is C25H33ClN4O4S. The van der Waals surface area contributed by atoms with Crippen molar-refractivity contribution >= 4 is 40.4 Å². The summed E-state index contributed by atoms with van der Waals surface area (Å²) < 4.78 is 11.2. The third-order valence-electron chi connectivity index (χ3n) is 6.65. The first-order chi connectivity index (χ1) is 16.8. The molecule has 0 radical (unpaired) electrons. The molecule has 1 atom stereocenters.